The fraction of sp³-hybridized carbons (Fsp3) is 0.462. The lowest BCUT2D eigenvalue weighted by atomic mass is 9.73. The smallest absolute Gasteiger partial charge is 0.317 e. The summed E-state index contributed by atoms with van der Waals surface area (Å²) in [5, 5.41) is 12.5. The van der Waals surface area contributed by atoms with Gasteiger partial charge in [-0.05, 0) is 24.3 Å². The molecule has 0 radical (unpaired) electrons. The van der Waals surface area contributed by atoms with E-state index >= 15 is 0 Å². The summed E-state index contributed by atoms with van der Waals surface area (Å²) >= 11 is 1.53. The van der Waals surface area contributed by atoms with Gasteiger partial charge in [-0.1, -0.05) is 19.3 Å². The lowest BCUT2D eigenvalue weighted by molar-refractivity contribution is -0.145. The number of carboxylic acid groups (broad SMARTS) is 1. The minimum Gasteiger partial charge on any atom is -0.480 e. The van der Waals surface area contributed by atoms with E-state index in [1.54, 1.807) is 6.20 Å². The van der Waals surface area contributed by atoms with E-state index < -0.39 is 11.4 Å². The van der Waals surface area contributed by atoms with Crippen molar-refractivity contribution in [1.29, 1.82) is 0 Å². The molecular formula is C13H14N2O2S. The number of rotatable bonds is 2. The Morgan fingerprint density at radius 2 is 2.11 bits per heavy atom. The highest BCUT2D eigenvalue weighted by atomic mass is 32.1. The van der Waals surface area contributed by atoms with Crippen molar-refractivity contribution in [3.63, 3.8) is 0 Å². The Labute approximate surface area is 109 Å². The molecule has 0 atom stereocenters. The summed E-state index contributed by atoms with van der Waals surface area (Å²) in [6.07, 6.45) is 6.04. The van der Waals surface area contributed by atoms with Crippen LogP contribution in [0.5, 0.6) is 0 Å². The predicted octanol–water partition coefficient (Wildman–Crippen LogP) is 2.98. The third kappa shape index (κ3) is 1.70. The van der Waals surface area contributed by atoms with E-state index in [0.29, 0.717) is 18.7 Å². The van der Waals surface area contributed by atoms with Crippen molar-refractivity contribution in [3.05, 3.63) is 23.5 Å². The molecule has 4 nitrogen and oxygen atoms in total. The quantitative estimate of drug-likeness (QED) is 0.903. The number of fused-ring (bicyclic) bond motifs is 1. The minimum absolute atomic E-state index is 0.490. The molecule has 0 amide bonds. The van der Waals surface area contributed by atoms with Crippen LogP contribution in [-0.2, 0) is 10.2 Å². The number of carboxylic acids is 1. The monoisotopic (exact) mass is 262 g/mol. The van der Waals surface area contributed by atoms with E-state index in [9.17, 15) is 9.90 Å². The molecular weight excluding hydrogens is 248 g/mol. The number of hydrogen-bond donors (Lipinski definition) is 1. The molecule has 5 heteroatoms. The molecule has 1 fully saturated rings. The summed E-state index contributed by atoms with van der Waals surface area (Å²) in [6.45, 7) is 0. The Bertz CT molecular complexity index is 587. The number of thiophene rings is 1. The van der Waals surface area contributed by atoms with Gasteiger partial charge in [-0.15, -0.1) is 11.3 Å². The summed E-state index contributed by atoms with van der Waals surface area (Å²) in [5.74, 6) is -0.289. The van der Waals surface area contributed by atoms with Crippen molar-refractivity contribution in [2.24, 2.45) is 0 Å². The van der Waals surface area contributed by atoms with E-state index in [4.69, 9.17) is 0 Å². The van der Waals surface area contributed by atoms with Crippen molar-refractivity contribution in [3.8, 4) is 0 Å². The number of aromatic nitrogens is 2. The van der Waals surface area contributed by atoms with Gasteiger partial charge >= 0.3 is 5.97 Å². The Morgan fingerprint density at radius 1 is 1.33 bits per heavy atom. The highest BCUT2D eigenvalue weighted by Crippen LogP contribution is 2.38. The molecule has 2 heterocycles. The van der Waals surface area contributed by atoms with Crippen molar-refractivity contribution >= 4 is 27.5 Å². The van der Waals surface area contributed by atoms with Crippen LogP contribution in [0.3, 0.4) is 0 Å². The second-order valence-corrected chi connectivity index (χ2v) is 5.72. The van der Waals surface area contributed by atoms with Gasteiger partial charge < -0.3 is 5.11 Å². The first-order valence-corrected chi connectivity index (χ1v) is 7.04. The van der Waals surface area contributed by atoms with Crippen LogP contribution in [0.25, 0.3) is 10.2 Å². The van der Waals surface area contributed by atoms with Gasteiger partial charge in [0.1, 0.15) is 16.1 Å². The fourth-order valence-electron chi connectivity index (χ4n) is 2.68. The van der Waals surface area contributed by atoms with Gasteiger partial charge in [0.05, 0.1) is 0 Å². The van der Waals surface area contributed by atoms with E-state index in [1.807, 2.05) is 11.4 Å². The molecule has 1 N–H and O–H groups in total. The maximum Gasteiger partial charge on any atom is 0.317 e. The maximum absolute atomic E-state index is 11.7. The van der Waals surface area contributed by atoms with Crippen molar-refractivity contribution < 1.29 is 9.90 Å². The van der Waals surface area contributed by atoms with Gasteiger partial charge in [0.25, 0.3) is 0 Å². The van der Waals surface area contributed by atoms with E-state index in [2.05, 4.69) is 9.97 Å². The summed E-state index contributed by atoms with van der Waals surface area (Å²) in [7, 11) is 0. The van der Waals surface area contributed by atoms with Crippen LogP contribution in [0.15, 0.2) is 17.6 Å². The van der Waals surface area contributed by atoms with Gasteiger partial charge in [0, 0.05) is 11.6 Å². The average molecular weight is 262 g/mol. The largest absolute Gasteiger partial charge is 0.480 e. The van der Waals surface area contributed by atoms with E-state index in [0.717, 1.165) is 29.5 Å². The normalized spacial score (nSPS) is 18.9. The lowest BCUT2D eigenvalue weighted by Gasteiger charge is -2.31. The van der Waals surface area contributed by atoms with Crippen LogP contribution in [-0.4, -0.2) is 21.0 Å². The molecule has 2 aromatic heterocycles. The molecule has 1 aliphatic carbocycles. The summed E-state index contributed by atoms with van der Waals surface area (Å²) < 4.78 is 0. The van der Waals surface area contributed by atoms with Gasteiger partial charge in [-0.3, -0.25) is 4.79 Å². The van der Waals surface area contributed by atoms with Crippen LogP contribution in [0.4, 0.5) is 0 Å². The zero-order valence-corrected chi connectivity index (χ0v) is 10.7. The first kappa shape index (κ1) is 11.6. The molecule has 1 saturated carbocycles. The third-order valence-electron chi connectivity index (χ3n) is 3.75. The van der Waals surface area contributed by atoms with Crippen LogP contribution >= 0.6 is 11.3 Å². The molecule has 3 rings (SSSR count). The number of aliphatic carboxylic acids is 1. The van der Waals surface area contributed by atoms with E-state index in [1.165, 1.54) is 11.3 Å². The Balaban J connectivity index is 2.11. The molecule has 0 bridgehead atoms. The third-order valence-corrected chi connectivity index (χ3v) is 4.57. The Morgan fingerprint density at radius 3 is 2.83 bits per heavy atom. The molecule has 0 aromatic carbocycles. The molecule has 0 aliphatic heterocycles. The first-order chi connectivity index (χ1) is 8.72. The topological polar surface area (TPSA) is 63.1 Å². The van der Waals surface area contributed by atoms with Crippen molar-refractivity contribution in [1.82, 2.24) is 9.97 Å². The van der Waals surface area contributed by atoms with Crippen LogP contribution in [0, 0.1) is 0 Å². The number of carbonyl (C=O) groups is 1. The number of hydrogen-bond acceptors (Lipinski definition) is 4. The highest BCUT2D eigenvalue weighted by Gasteiger charge is 2.44. The lowest BCUT2D eigenvalue weighted by Crippen LogP contribution is -2.39. The molecule has 18 heavy (non-hydrogen) atoms. The van der Waals surface area contributed by atoms with Gasteiger partial charge in [-0.2, -0.15) is 0 Å². The average Bonchev–Trinajstić information content (AvgIpc) is 2.86. The van der Waals surface area contributed by atoms with Crippen molar-refractivity contribution in [2.45, 2.75) is 37.5 Å². The molecule has 94 valence electrons. The summed E-state index contributed by atoms with van der Waals surface area (Å²) in [6, 6.07) is 1.96. The second-order valence-electron chi connectivity index (χ2n) is 4.82. The Hall–Kier alpha value is -1.49. The molecule has 0 unspecified atom stereocenters. The predicted molar refractivity (Wildman–Crippen MR) is 69.8 cm³/mol. The fourth-order valence-corrected chi connectivity index (χ4v) is 3.41. The highest BCUT2D eigenvalue weighted by molar-refractivity contribution is 7.16. The van der Waals surface area contributed by atoms with Crippen molar-refractivity contribution in [2.75, 3.05) is 0 Å². The zero-order valence-electron chi connectivity index (χ0n) is 9.93. The summed E-state index contributed by atoms with van der Waals surface area (Å²) in [5.41, 5.74) is -0.865. The van der Waals surface area contributed by atoms with Gasteiger partial charge in [0.15, 0.2) is 0 Å². The standard InChI is InChI=1S/C13H14N2O2S/c16-12(17)13(5-2-1-3-6-13)11-14-8-9-4-7-18-10(9)15-11/h4,7-8H,1-3,5-6H2,(H,16,17). The molecule has 1 aliphatic rings. The van der Waals surface area contributed by atoms with Gasteiger partial charge in [0.2, 0.25) is 0 Å². The van der Waals surface area contributed by atoms with Crippen LogP contribution in [0.1, 0.15) is 37.9 Å². The maximum atomic E-state index is 11.7. The molecule has 0 saturated heterocycles. The molecule has 2 aromatic rings. The zero-order chi connectivity index (χ0) is 12.6. The van der Waals surface area contributed by atoms with Crippen LogP contribution < -0.4 is 0 Å². The Kier molecular flexibility index (Phi) is 2.78. The SMILES string of the molecule is O=C(O)C1(c2ncc3ccsc3n2)CCCCC1. The molecule has 0 spiro atoms. The van der Waals surface area contributed by atoms with Gasteiger partial charge in [-0.25, -0.2) is 9.97 Å². The van der Waals surface area contributed by atoms with Crippen LogP contribution in [0.2, 0.25) is 0 Å². The minimum atomic E-state index is -0.865. The number of nitrogens with zero attached hydrogens (tertiary/aromatic N) is 2. The second kappa shape index (κ2) is 4.31. The van der Waals surface area contributed by atoms with E-state index in [-0.39, 0.29) is 0 Å². The summed E-state index contributed by atoms with van der Waals surface area (Å²) in [4.78, 5) is 21.3. The first-order valence-electron chi connectivity index (χ1n) is 6.16.